The lowest BCUT2D eigenvalue weighted by Crippen LogP contribution is -2.05. The number of H-pyrrole nitrogens is 1. The maximum absolute atomic E-state index is 5.20. The van der Waals surface area contributed by atoms with Crippen molar-refractivity contribution in [2.75, 3.05) is 0 Å². The number of imidazole rings is 1. The lowest BCUT2D eigenvalue weighted by Gasteiger charge is -2.11. The molecule has 0 saturated heterocycles. The van der Waals surface area contributed by atoms with Gasteiger partial charge in [-0.3, -0.25) is 0 Å². The summed E-state index contributed by atoms with van der Waals surface area (Å²) in [5, 5.41) is 1.11. The van der Waals surface area contributed by atoms with Gasteiger partial charge in [-0.2, -0.15) is 0 Å². The second kappa shape index (κ2) is 3.90. The number of rotatable bonds is 2. The van der Waals surface area contributed by atoms with Gasteiger partial charge in [0.2, 0.25) is 0 Å². The third-order valence-electron chi connectivity index (χ3n) is 2.41. The molecule has 2 aromatic rings. The zero-order chi connectivity index (χ0) is 11.0. The molecule has 0 bridgehead atoms. The van der Waals surface area contributed by atoms with Crippen LogP contribution in [-0.2, 0) is 0 Å². The molecule has 0 aliphatic heterocycles. The Morgan fingerprint density at radius 3 is 2.73 bits per heavy atom. The van der Waals surface area contributed by atoms with Gasteiger partial charge in [0.05, 0.1) is 21.6 Å². The summed E-state index contributed by atoms with van der Waals surface area (Å²) in [7, 11) is 0. The Morgan fingerprint density at radius 2 is 2.27 bits per heavy atom. The Balaban J connectivity index is 2.45. The molecule has 2 rings (SSSR count). The van der Waals surface area contributed by atoms with Crippen molar-refractivity contribution in [3.8, 4) is 0 Å². The van der Waals surface area contributed by atoms with Gasteiger partial charge in [-0.25, -0.2) is 4.98 Å². The van der Waals surface area contributed by atoms with Crippen molar-refractivity contribution in [3.63, 3.8) is 0 Å². The molecule has 2 heterocycles. The van der Waals surface area contributed by atoms with Gasteiger partial charge in [0, 0.05) is 12.4 Å². The summed E-state index contributed by atoms with van der Waals surface area (Å²) in [4.78, 5) is 8.72. The zero-order valence-corrected chi connectivity index (χ0v) is 10.6. The standard InChI is InChI=1S/C10H13N3S2/c1-6-9(15-8(3)12-6)7(2)13-5-4-11-10(13)14/h4-5,7H,1-3H3,(H,11,14). The monoisotopic (exact) mass is 239 g/mol. The lowest BCUT2D eigenvalue weighted by atomic mass is 10.2. The van der Waals surface area contributed by atoms with Crippen molar-refractivity contribution in [2.24, 2.45) is 0 Å². The number of aromatic nitrogens is 3. The molecule has 0 saturated carbocycles. The minimum atomic E-state index is 0.259. The highest BCUT2D eigenvalue weighted by atomic mass is 32.1. The Bertz CT molecular complexity index is 521. The maximum Gasteiger partial charge on any atom is 0.177 e. The van der Waals surface area contributed by atoms with Gasteiger partial charge in [0.25, 0.3) is 0 Å². The van der Waals surface area contributed by atoms with Gasteiger partial charge in [-0.1, -0.05) is 0 Å². The molecule has 1 atom stereocenters. The van der Waals surface area contributed by atoms with Gasteiger partial charge < -0.3 is 9.55 Å². The van der Waals surface area contributed by atoms with E-state index < -0.39 is 0 Å². The SMILES string of the molecule is Cc1nc(C)c(C(C)n2cc[nH]c2=S)s1. The Kier molecular flexibility index (Phi) is 2.75. The van der Waals surface area contributed by atoms with E-state index in [0.717, 1.165) is 15.5 Å². The van der Waals surface area contributed by atoms with E-state index >= 15 is 0 Å². The summed E-state index contributed by atoms with van der Waals surface area (Å²) in [6, 6.07) is 0.259. The van der Waals surface area contributed by atoms with Crippen LogP contribution in [0.4, 0.5) is 0 Å². The highest BCUT2D eigenvalue weighted by Gasteiger charge is 2.14. The summed E-state index contributed by atoms with van der Waals surface area (Å²) >= 11 is 6.94. The van der Waals surface area contributed by atoms with E-state index in [1.807, 2.05) is 26.2 Å². The molecule has 0 aliphatic rings. The van der Waals surface area contributed by atoms with Crippen LogP contribution in [0.25, 0.3) is 0 Å². The molecule has 0 aromatic carbocycles. The van der Waals surface area contributed by atoms with E-state index in [4.69, 9.17) is 12.2 Å². The summed E-state index contributed by atoms with van der Waals surface area (Å²) in [5.74, 6) is 0. The van der Waals surface area contributed by atoms with Gasteiger partial charge in [-0.15, -0.1) is 11.3 Å². The average Bonchev–Trinajstić information content (AvgIpc) is 2.71. The zero-order valence-electron chi connectivity index (χ0n) is 8.94. The van der Waals surface area contributed by atoms with Crippen LogP contribution in [0.15, 0.2) is 12.4 Å². The molecule has 0 aliphatic carbocycles. The third kappa shape index (κ3) is 1.89. The van der Waals surface area contributed by atoms with E-state index in [-0.39, 0.29) is 6.04 Å². The number of thiazole rings is 1. The predicted octanol–water partition coefficient (Wildman–Crippen LogP) is 3.23. The molecule has 1 N–H and O–H groups in total. The van der Waals surface area contributed by atoms with E-state index in [1.165, 1.54) is 4.88 Å². The highest BCUT2D eigenvalue weighted by Crippen LogP contribution is 2.27. The van der Waals surface area contributed by atoms with Crippen molar-refractivity contribution in [1.29, 1.82) is 0 Å². The molecule has 2 aromatic heterocycles. The topological polar surface area (TPSA) is 33.6 Å². The largest absolute Gasteiger partial charge is 0.337 e. The molecule has 0 amide bonds. The van der Waals surface area contributed by atoms with Gasteiger partial charge in [0.15, 0.2) is 4.77 Å². The molecular formula is C10H13N3S2. The van der Waals surface area contributed by atoms with Gasteiger partial charge >= 0.3 is 0 Å². The highest BCUT2D eigenvalue weighted by molar-refractivity contribution is 7.71. The number of hydrogen-bond donors (Lipinski definition) is 1. The lowest BCUT2D eigenvalue weighted by molar-refractivity contribution is 0.636. The first-order valence-electron chi connectivity index (χ1n) is 4.79. The van der Waals surface area contributed by atoms with Crippen molar-refractivity contribution < 1.29 is 0 Å². The van der Waals surface area contributed by atoms with Crippen molar-refractivity contribution in [2.45, 2.75) is 26.8 Å². The summed E-state index contributed by atoms with van der Waals surface area (Å²) < 4.78 is 2.81. The normalized spacial score (nSPS) is 13.0. The minimum absolute atomic E-state index is 0.259. The quantitative estimate of drug-likeness (QED) is 0.816. The van der Waals surface area contributed by atoms with Gasteiger partial charge in [-0.05, 0) is 33.0 Å². The fraction of sp³-hybridized carbons (Fsp3) is 0.400. The number of hydrogen-bond acceptors (Lipinski definition) is 3. The van der Waals surface area contributed by atoms with Crippen molar-refractivity contribution >= 4 is 23.6 Å². The van der Waals surface area contributed by atoms with Crippen LogP contribution in [0.3, 0.4) is 0 Å². The minimum Gasteiger partial charge on any atom is -0.337 e. The van der Waals surface area contributed by atoms with Crippen molar-refractivity contribution in [3.05, 3.63) is 32.7 Å². The molecular weight excluding hydrogens is 226 g/mol. The first-order chi connectivity index (χ1) is 7.09. The fourth-order valence-electron chi connectivity index (χ4n) is 1.70. The van der Waals surface area contributed by atoms with E-state index in [9.17, 15) is 0 Å². The number of aromatic amines is 1. The molecule has 80 valence electrons. The molecule has 1 unspecified atom stereocenters. The van der Waals surface area contributed by atoms with Crippen LogP contribution < -0.4 is 0 Å². The summed E-state index contributed by atoms with van der Waals surface area (Å²) in [6.45, 7) is 6.22. The van der Waals surface area contributed by atoms with Crippen LogP contribution in [0.1, 0.15) is 28.5 Å². The first-order valence-corrected chi connectivity index (χ1v) is 6.01. The molecule has 0 radical (unpaired) electrons. The number of aryl methyl sites for hydroxylation is 2. The summed E-state index contributed by atoms with van der Waals surface area (Å²) in [5.41, 5.74) is 1.10. The van der Waals surface area contributed by atoms with Crippen LogP contribution in [0, 0.1) is 18.6 Å². The predicted molar refractivity (Wildman–Crippen MR) is 65.0 cm³/mol. The fourth-order valence-corrected chi connectivity index (χ4v) is 2.96. The molecule has 15 heavy (non-hydrogen) atoms. The molecule has 5 heteroatoms. The smallest absolute Gasteiger partial charge is 0.177 e. The Hall–Kier alpha value is -0.940. The number of nitrogens with zero attached hydrogens (tertiary/aromatic N) is 2. The molecule has 3 nitrogen and oxygen atoms in total. The van der Waals surface area contributed by atoms with Crippen LogP contribution in [0.5, 0.6) is 0 Å². The number of nitrogens with one attached hydrogen (secondary N) is 1. The van der Waals surface area contributed by atoms with Crippen LogP contribution >= 0.6 is 23.6 Å². The second-order valence-electron chi connectivity index (χ2n) is 3.53. The third-order valence-corrected chi connectivity index (χ3v) is 3.98. The van der Waals surface area contributed by atoms with Crippen molar-refractivity contribution in [1.82, 2.24) is 14.5 Å². The average molecular weight is 239 g/mol. The van der Waals surface area contributed by atoms with Crippen LogP contribution in [-0.4, -0.2) is 14.5 Å². The summed E-state index contributed by atoms with van der Waals surface area (Å²) in [6.07, 6.45) is 3.84. The second-order valence-corrected chi connectivity index (χ2v) is 5.15. The Morgan fingerprint density at radius 1 is 1.53 bits per heavy atom. The molecule has 0 spiro atoms. The van der Waals surface area contributed by atoms with E-state index in [2.05, 4.69) is 21.5 Å². The Labute approximate surface area is 97.8 Å². The molecule has 0 fully saturated rings. The van der Waals surface area contributed by atoms with E-state index in [0.29, 0.717) is 0 Å². The van der Waals surface area contributed by atoms with Gasteiger partial charge in [0.1, 0.15) is 0 Å². The van der Waals surface area contributed by atoms with Crippen LogP contribution in [0.2, 0.25) is 0 Å². The first kappa shape index (κ1) is 10.6. The van der Waals surface area contributed by atoms with E-state index in [1.54, 1.807) is 11.3 Å². The maximum atomic E-state index is 5.20.